The van der Waals surface area contributed by atoms with Gasteiger partial charge in [0.15, 0.2) is 25.0 Å². The molecule has 0 bridgehead atoms. The summed E-state index contributed by atoms with van der Waals surface area (Å²) in [4.78, 5) is 34.0. The molecule has 4 rings (SSSR count). The standard InChI is InChI=1S/C35H51N9O10/c1-18-26(39-42-36)21(4)49-33(48-17-13-9-12-16-25(45)47-7)29(18)53-35-31(20(3)28(41-44-38)23(6)51-35)54-34-30(19(2)27(40-43-37)22(5)50-34)52-32(46)24-14-10-8-11-15-24/h8,10-11,14-15,18-23,26-31,33-35H,9,12-13,16-17H2,1-7H3/t18-,19-,20-,21?,22?,23?,26-,27-,28-,29?,30?,31?,33-,34+,35+/m0/s1. The van der Waals surface area contributed by atoms with Crippen molar-refractivity contribution in [1.82, 2.24) is 0 Å². The minimum absolute atomic E-state index is 0.277. The number of carbonyl (C=O) groups is 2. The van der Waals surface area contributed by atoms with E-state index in [1.54, 1.807) is 58.0 Å². The second kappa shape index (κ2) is 20.5. The molecule has 3 aliphatic rings. The molecule has 0 aliphatic carbocycles. The Morgan fingerprint density at radius 2 is 1.13 bits per heavy atom. The van der Waals surface area contributed by atoms with Crippen molar-refractivity contribution in [3.8, 4) is 0 Å². The van der Waals surface area contributed by atoms with Crippen molar-refractivity contribution in [1.29, 1.82) is 0 Å². The van der Waals surface area contributed by atoms with Crippen LogP contribution in [0, 0.1) is 17.8 Å². The fourth-order valence-corrected chi connectivity index (χ4v) is 7.31. The summed E-state index contributed by atoms with van der Waals surface area (Å²) >= 11 is 0. The number of azide groups is 3. The first-order valence-electron chi connectivity index (χ1n) is 18.3. The third kappa shape index (κ3) is 10.5. The SMILES string of the molecule is COC(=O)CCCCCO[C@H]1OC(C)[C@@H](N=[N+]=[N-])[C@H](C)C1O[C@H]1OC(C)[C@@H](N=[N+]=[N-])[C@H](C)C1O[C@H]1OC(C)[C@@H](N=[N+]=[N-])[C@H](C)C1OC(=O)c1ccccc1. The average Bonchev–Trinajstić information content (AvgIpc) is 3.16. The summed E-state index contributed by atoms with van der Waals surface area (Å²) in [5, 5.41) is 11.9. The quantitative estimate of drug-likeness (QED) is 0.0553. The van der Waals surface area contributed by atoms with Crippen molar-refractivity contribution >= 4 is 11.9 Å². The van der Waals surface area contributed by atoms with Crippen LogP contribution in [0.15, 0.2) is 45.7 Å². The van der Waals surface area contributed by atoms with E-state index in [0.717, 1.165) is 0 Å². The van der Waals surface area contributed by atoms with Crippen LogP contribution in [-0.2, 0) is 42.7 Å². The van der Waals surface area contributed by atoms with Crippen LogP contribution in [0.5, 0.6) is 0 Å². The smallest absolute Gasteiger partial charge is 0.338 e. The maximum atomic E-state index is 13.4. The van der Waals surface area contributed by atoms with Crippen LogP contribution < -0.4 is 0 Å². The van der Waals surface area contributed by atoms with Crippen molar-refractivity contribution in [2.45, 2.75) is 141 Å². The zero-order chi connectivity index (χ0) is 39.4. The first kappa shape index (κ1) is 42.6. The molecule has 15 atom stereocenters. The van der Waals surface area contributed by atoms with E-state index in [2.05, 4.69) is 30.1 Å². The van der Waals surface area contributed by atoms with Gasteiger partial charge in [-0.05, 0) is 74.2 Å². The van der Waals surface area contributed by atoms with E-state index in [1.807, 2.05) is 13.8 Å². The number of hydrogen-bond donors (Lipinski definition) is 0. The van der Waals surface area contributed by atoms with Gasteiger partial charge in [0.25, 0.3) is 0 Å². The van der Waals surface area contributed by atoms with Crippen LogP contribution in [0.3, 0.4) is 0 Å². The largest absolute Gasteiger partial charge is 0.469 e. The molecule has 3 heterocycles. The van der Waals surface area contributed by atoms with Crippen LogP contribution in [0.1, 0.15) is 77.6 Å². The highest BCUT2D eigenvalue weighted by Gasteiger charge is 2.52. The van der Waals surface area contributed by atoms with Crippen LogP contribution in [0.4, 0.5) is 0 Å². The maximum Gasteiger partial charge on any atom is 0.338 e. The molecule has 0 saturated carbocycles. The summed E-state index contributed by atoms with van der Waals surface area (Å²) in [6, 6.07) is 6.44. The summed E-state index contributed by atoms with van der Waals surface area (Å²) in [5.41, 5.74) is 28.4. The Morgan fingerprint density at radius 1 is 0.667 bits per heavy atom. The molecular weight excluding hydrogens is 706 g/mol. The van der Waals surface area contributed by atoms with E-state index in [0.29, 0.717) is 37.9 Å². The van der Waals surface area contributed by atoms with Gasteiger partial charge in [-0.15, -0.1) is 0 Å². The molecular formula is C35H51N9O10. The molecule has 3 aliphatic heterocycles. The number of unbranched alkanes of at least 4 members (excludes halogenated alkanes) is 2. The second-order valence-corrected chi connectivity index (χ2v) is 14.0. The Bertz CT molecular complexity index is 1540. The molecule has 296 valence electrons. The number of esters is 2. The number of methoxy groups -OCH3 is 1. The molecule has 0 spiro atoms. The van der Waals surface area contributed by atoms with Crippen molar-refractivity contribution in [3.05, 3.63) is 67.2 Å². The number of benzene rings is 1. The summed E-state index contributed by atoms with van der Waals surface area (Å²) in [6.07, 6.45) is -5.54. The predicted molar refractivity (Wildman–Crippen MR) is 191 cm³/mol. The first-order valence-corrected chi connectivity index (χ1v) is 18.3. The Balaban J connectivity index is 1.63. The third-order valence-electron chi connectivity index (χ3n) is 10.4. The summed E-state index contributed by atoms with van der Waals surface area (Å²) in [5.74, 6) is -2.40. The van der Waals surface area contributed by atoms with E-state index < -0.39 is 97.3 Å². The van der Waals surface area contributed by atoms with E-state index in [4.69, 9.17) is 37.9 Å². The van der Waals surface area contributed by atoms with Crippen LogP contribution in [-0.4, -0.2) is 99.3 Å². The molecule has 0 N–H and O–H groups in total. The molecule has 3 saturated heterocycles. The van der Waals surface area contributed by atoms with E-state index in [9.17, 15) is 26.2 Å². The van der Waals surface area contributed by atoms with Crippen LogP contribution >= 0.6 is 0 Å². The predicted octanol–water partition coefficient (Wildman–Crippen LogP) is 6.91. The molecule has 0 amide bonds. The van der Waals surface area contributed by atoms with E-state index in [-0.39, 0.29) is 5.97 Å². The Hall–Kier alpha value is -4.15. The number of nitrogens with zero attached hydrogens (tertiary/aromatic N) is 9. The molecule has 3 fully saturated rings. The van der Waals surface area contributed by atoms with Crippen molar-refractivity contribution in [2.24, 2.45) is 33.1 Å². The van der Waals surface area contributed by atoms with Gasteiger partial charge in [-0.25, -0.2) is 4.79 Å². The fourth-order valence-electron chi connectivity index (χ4n) is 7.31. The van der Waals surface area contributed by atoms with Crippen molar-refractivity contribution in [3.63, 3.8) is 0 Å². The second-order valence-electron chi connectivity index (χ2n) is 14.0. The van der Waals surface area contributed by atoms with Gasteiger partial charge in [-0.2, -0.15) is 0 Å². The Morgan fingerprint density at radius 3 is 1.63 bits per heavy atom. The van der Waals surface area contributed by atoms with Gasteiger partial charge in [0.1, 0.15) is 12.2 Å². The van der Waals surface area contributed by atoms with Gasteiger partial charge in [0.05, 0.1) is 49.1 Å². The molecule has 19 nitrogen and oxygen atoms in total. The normalized spacial score (nSPS) is 36.4. The molecule has 0 radical (unpaired) electrons. The topological polar surface area (TPSA) is 254 Å². The van der Waals surface area contributed by atoms with Crippen LogP contribution in [0.2, 0.25) is 0 Å². The lowest BCUT2D eigenvalue weighted by Gasteiger charge is -2.50. The van der Waals surface area contributed by atoms with Gasteiger partial charge in [0.2, 0.25) is 0 Å². The van der Waals surface area contributed by atoms with Gasteiger partial charge in [0, 0.05) is 33.7 Å². The first-order chi connectivity index (χ1) is 25.9. The zero-order valence-electron chi connectivity index (χ0n) is 31.7. The van der Waals surface area contributed by atoms with E-state index in [1.165, 1.54) is 7.11 Å². The molecule has 0 aromatic heterocycles. The zero-order valence-corrected chi connectivity index (χ0v) is 31.7. The van der Waals surface area contributed by atoms with E-state index >= 15 is 0 Å². The highest BCUT2D eigenvalue weighted by atomic mass is 16.8. The minimum Gasteiger partial charge on any atom is -0.469 e. The molecule has 19 heteroatoms. The molecule has 1 aromatic carbocycles. The average molecular weight is 758 g/mol. The molecule has 6 unspecified atom stereocenters. The lowest BCUT2D eigenvalue weighted by atomic mass is 9.87. The Kier molecular flexibility index (Phi) is 16.2. The monoisotopic (exact) mass is 757 g/mol. The van der Waals surface area contributed by atoms with Gasteiger partial charge in [-0.3, -0.25) is 4.79 Å². The number of rotatable bonds is 16. The van der Waals surface area contributed by atoms with Crippen molar-refractivity contribution < 1.29 is 47.5 Å². The highest BCUT2D eigenvalue weighted by Crippen LogP contribution is 2.40. The van der Waals surface area contributed by atoms with Crippen molar-refractivity contribution in [2.75, 3.05) is 13.7 Å². The molecule has 54 heavy (non-hydrogen) atoms. The van der Waals surface area contributed by atoms with Crippen LogP contribution in [0.25, 0.3) is 31.3 Å². The van der Waals surface area contributed by atoms with Gasteiger partial charge in [-0.1, -0.05) is 60.7 Å². The highest BCUT2D eigenvalue weighted by molar-refractivity contribution is 5.89. The maximum absolute atomic E-state index is 13.4. The lowest BCUT2D eigenvalue weighted by molar-refractivity contribution is -0.362. The van der Waals surface area contributed by atoms with Gasteiger partial charge < -0.3 is 37.9 Å². The Labute approximate surface area is 314 Å². The minimum atomic E-state index is -1.19. The lowest BCUT2D eigenvalue weighted by Crippen LogP contribution is -2.61. The summed E-state index contributed by atoms with van der Waals surface area (Å²) < 4.78 is 49.3. The third-order valence-corrected chi connectivity index (χ3v) is 10.4. The van der Waals surface area contributed by atoms with Gasteiger partial charge >= 0.3 is 11.9 Å². The number of carbonyl (C=O) groups excluding carboxylic acids is 2. The summed E-state index contributed by atoms with van der Waals surface area (Å²) in [6.45, 7) is 11.1. The fraction of sp³-hybridized carbons (Fsp3) is 0.771. The molecule has 1 aromatic rings. The number of hydrogen-bond acceptors (Lipinski definition) is 13. The summed E-state index contributed by atoms with van der Waals surface area (Å²) in [7, 11) is 1.35. The number of ether oxygens (including phenoxy) is 8.